The summed E-state index contributed by atoms with van der Waals surface area (Å²) < 4.78 is 29.7. The van der Waals surface area contributed by atoms with E-state index in [1.165, 1.54) is 38.5 Å². The molecule has 29 heavy (non-hydrogen) atoms. The third-order valence-corrected chi connectivity index (χ3v) is 16.3. The molecule has 156 valence electrons. The van der Waals surface area contributed by atoms with Crippen molar-refractivity contribution in [3.63, 3.8) is 0 Å². The molecule has 4 rings (SSSR count). The van der Waals surface area contributed by atoms with Crippen LogP contribution < -0.4 is 10.6 Å². The Labute approximate surface area is 176 Å². The molecular formula is C25H34O2P2. The van der Waals surface area contributed by atoms with Crippen molar-refractivity contribution in [2.75, 3.05) is 5.90 Å². The molecule has 2 aliphatic carbocycles. The van der Waals surface area contributed by atoms with E-state index in [2.05, 4.69) is 0 Å². The Balaban J connectivity index is 1.78. The molecule has 0 atom stereocenters. The van der Waals surface area contributed by atoms with Crippen LogP contribution >= 0.6 is 14.3 Å². The quantitative estimate of drug-likeness (QED) is 0.465. The molecule has 0 aliphatic heterocycles. The summed E-state index contributed by atoms with van der Waals surface area (Å²) in [6.45, 7) is 0. The van der Waals surface area contributed by atoms with Crippen molar-refractivity contribution in [1.29, 1.82) is 0 Å². The van der Waals surface area contributed by atoms with Gasteiger partial charge in [0, 0.05) is 21.9 Å². The van der Waals surface area contributed by atoms with Crippen LogP contribution in [0.4, 0.5) is 0 Å². The second-order valence-electron chi connectivity index (χ2n) is 8.99. The fraction of sp³-hybridized carbons (Fsp3) is 0.520. The number of hydrogen-bond acceptors (Lipinski definition) is 2. The maximum Gasteiger partial charge on any atom is 0.150 e. The van der Waals surface area contributed by atoms with Gasteiger partial charge in [-0.05, 0) is 25.7 Å². The summed E-state index contributed by atoms with van der Waals surface area (Å²) in [6.07, 6.45) is 11.5. The summed E-state index contributed by atoms with van der Waals surface area (Å²) in [4.78, 5) is 0. The number of benzene rings is 2. The molecule has 2 nitrogen and oxygen atoms in total. The Hall–Kier alpha value is -1.10. The molecular weight excluding hydrogens is 394 g/mol. The molecule has 0 spiro atoms. The molecule has 2 saturated carbocycles. The highest BCUT2D eigenvalue weighted by Crippen LogP contribution is 2.69. The summed E-state index contributed by atoms with van der Waals surface area (Å²) in [5, 5.41) is 1.75. The van der Waals surface area contributed by atoms with E-state index in [-0.39, 0.29) is 11.3 Å². The van der Waals surface area contributed by atoms with Gasteiger partial charge >= 0.3 is 0 Å². The predicted molar refractivity (Wildman–Crippen MR) is 126 cm³/mol. The average molecular weight is 428 g/mol. The zero-order valence-electron chi connectivity index (χ0n) is 17.4. The minimum absolute atomic E-state index is 0.278. The maximum atomic E-state index is 14.9. The molecule has 0 aromatic heterocycles. The number of hydrogen-bond donors (Lipinski definition) is 0. The van der Waals surface area contributed by atoms with E-state index >= 15 is 0 Å². The van der Waals surface area contributed by atoms with E-state index < -0.39 is 14.3 Å². The zero-order chi connectivity index (χ0) is 20.2. The SMILES string of the molecule is O=P(CP(=O)(C1CCCCC1)C1CCCCC1)(c1ccccc1)c1ccccc1. The summed E-state index contributed by atoms with van der Waals surface area (Å²) in [5.41, 5.74) is 0.556. The van der Waals surface area contributed by atoms with Crippen LogP contribution in [-0.4, -0.2) is 17.2 Å². The van der Waals surface area contributed by atoms with E-state index in [9.17, 15) is 9.13 Å². The van der Waals surface area contributed by atoms with Crippen molar-refractivity contribution < 1.29 is 9.13 Å². The van der Waals surface area contributed by atoms with E-state index in [0.29, 0.717) is 5.90 Å². The van der Waals surface area contributed by atoms with Crippen molar-refractivity contribution in [2.24, 2.45) is 0 Å². The highest BCUT2D eigenvalue weighted by molar-refractivity contribution is 7.89. The van der Waals surface area contributed by atoms with Crippen molar-refractivity contribution in [1.82, 2.24) is 0 Å². The summed E-state index contributed by atoms with van der Waals surface area (Å²) in [5.74, 6) is 0.392. The topological polar surface area (TPSA) is 34.1 Å². The summed E-state index contributed by atoms with van der Waals surface area (Å²) in [6, 6.07) is 19.8. The minimum Gasteiger partial charge on any atom is -0.322 e. The van der Waals surface area contributed by atoms with Gasteiger partial charge in [-0.3, -0.25) is 0 Å². The molecule has 0 unspecified atom stereocenters. The van der Waals surface area contributed by atoms with Gasteiger partial charge in [-0.15, -0.1) is 0 Å². The van der Waals surface area contributed by atoms with Gasteiger partial charge in [-0.25, -0.2) is 0 Å². The molecule has 0 amide bonds. The van der Waals surface area contributed by atoms with Crippen LogP contribution in [0.5, 0.6) is 0 Å². The van der Waals surface area contributed by atoms with Gasteiger partial charge in [0.15, 0.2) is 0 Å². The molecule has 2 aliphatic rings. The second-order valence-corrected chi connectivity index (χ2v) is 15.8. The Kier molecular flexibility index (Phi) is 6.83. The predicted octanol–water partition coefficient (Wildman–Crippen LogP) is 6.99. The van der Waals surface area contributed by atoms with Crippen molar-refractivity contribution in [2.45, 2.75) is 75.5 Å². The normalized spacial score (nSPS) is 19.9. The van der Waals surface area contributed by atoms with E-state index in [1.54, 1.807) is 0 Å². The first-order chi connectivity index (χ1) is 14.1. The Morgan fingerprint density at radius 3 is 1.34 bits per heavy atom. The van der Waals surface area contributed by atoms with Crippen LogP contribution in [0.15, 0.2) is 60.7 Å². The Bertz CT molecular complexity index is 801. The first kappa shape index (κ1) is 21.1. The van der Waals surface area contributed by atoms with Gasteiger partial charge in [0.2, 0.25) is 0 Å². The summed E-state index contributed by atoms with van der Waals surface area (Å²) >= 11 is 0. The van der Waals surface area contributed by atoms with Crippen molar-refractivity contribution in [3.8, 4) is 0 Å². The lowest BCUT2D eigenvalue weighted by Crippen LogP contribution is -2.28. The van der Waals surface area contributed by atoms with Gasteiger partial charge in [0.25, 0.3) is 0 Å². The molecule has 2 aromatic rings. The summed E-state index contributed by atoms with van der Waals surface area (Å²) in [7, 11) is -5.53. The van der Waals surface area contributed by atoms with Gasteiger partial charge < -0.3 is 9.13 Å². The average Bonchev–Trinajstić information content (AvgIpc) is 2.81. The van der Waals surface area contributed by atoms with Gasteiger partial charge in [0.1, 0.15) is 14.3 Å². The fourth-order valence-electron chi connectivity index (χ4n) is 5.53. The molecule has 2 aromatic carbocycles. The molecule has 0 heterocycles. The zero-order valence-corrected chi connectivity index (χ0v) is 19.2. The molecule has 0 N–H and O–H groups in total. The Morgan fingerprint density at radius 1 is 0.586 bits per heavy atom. The first-order valence-electron chi connectivity index (χ1n) is 11.4. The molecule has 2 fully saturated rings. The van der Waals surface area contributed by atoms with Gasteiger partial charge in [-0.1, -0.05) is 99.2 Å². The van der Waals surface area contributed by atoms with E-state index in [0.717, 1.165) is 36.3 Å². The fourth-order valence-corrected chi connectivity index (χ4v) is 15.9. The standard InChI is InChI=1S/C25H34O2P2/c26-28(22-13-5-1-6-14-22,23-15-7-2-8-16-23)21-29(27,24-17-9-3-10-18-24)25-19-11-4-12-20-25/h1-2,5-8,13-16,24-25H,3-4,9-12,17-21H2. The molecule has 0 saturated heterocycles. The van der Waals surface area contributed by atoms with Crippen LogP contribution in [0.1, 0.15) is 64.2 Å². The largest absolute Gasteiger partial charge is 0.322 e. The number of rotatable bonds is 6. The molecule has 4 heteroatoms. The van der Waals surface area contributed by atoms with Crippen molar-refractivity contribution >= 4 is 24.9 Å². The van der Waals surface area contributed by atoms with Gasteiger partial charge in [-0.2, -0.15) is 0 Å². The second kappa shape index (κ2) is 9.36. The van der Waals surface area contributed by atoms with Crippen LogP contribution in [0.2, 0.25) is 0 Å². The molecule has 0 bridgehead atoms. The lowest BCUT2D eigenvalue weighted by atomic mass is 9.99. The highest BCUT2D eigenvalue weighted by atomic mass is 31.2. The lowest BCUT2D eigenvalue weighted by molar-refractivity contribution is 0.449. The van der Waals surface area contributed by atoms with Gasteiger partial charge in [0.05, 0.1) is 5.90 Å². The maximum absolute atomic E-state index is 14.9. The third-order valence-electron chi connectivity index (χ3n) is 7.15. The van der Waals surface area contributed by atoms with Crippen LogP contribution in [0.3, 0.4) is 0 Å². The molecule has 0 radical (unpaired) electrons. The Morgan fingerprint density at radius 2 is 0.966 bits per heavy atom. The van der Waals surface area contributed by atoms with Crippen molar-refractivity contribution in [3.05, 3.63) is 60.7 Å². The van der Waals surface area contributed by atoms with E-state index in [1.807, 2.05) is 60.7 Å². The lowest BCUT2D eigenvalue weighted by Gasteiger charge is -2.40. The third kappa shape index (κ3) is 4.50. The van der Waals surface area contributed by atoms with E-state index in [4.69, 9.17) is 0 Å². The van der Waals surface area contributed by atoms with Crippen LogP contribution in [-0.2, 0) is 9.13 Å². The monoisotopic (exact) mass is 428 g/mol. The van der Waals surface area contributed by atoms with Crippen LogP contribution in [0.25, 0.3) is 0 Å². The smallest absolute Gasteiger partial charge is 0.150 e. The minimum atomic E-state index is -2.94. The highest BCUT2D eigenvalue weighted by Gasteiger charge is 2.46. The van der Waals surface area contributed by atoms with Crippen LogP contribution in [0, 0.1) is 0 Å². The first-order valence-corrected chi connectivity index (χ1v) is 15.3.